The van der Waals surface area contributed by atoms with Crippen LogP contribution in [0, 0.1) is 6.92 Å². The maximum Gasteiger partial charge on any atom is 0.0605 e. The van der Waals surface area contributed by atoms with E-state index < -0.39 is 0 Å². The standard InChI is InChI=1S/C12H19N3/c1-9-8-15(10(2)7-14-9)12-5-4-6-13-11(12)3/h4-6,9-10,14H,7-8H2,1-3H3. The number of hydrogen-bond donors (Lipinski definition) is 1. The lowest BCUT2D eigenvalue weighted by Gasteiger charge is -2.39. The molecule has 0 aromatic carbocycles. The Bertz CT molecular complexity index is 337. The second-order valence-corrected chi connectivity index (χ2v) is 4.42. The van der Waals surface area contributed by atoms with E-state index in [1.165, 1.54) is 5.69 Å². The molecule has 2 atom stereocenters. The van der Waals surface area contributed by atoms with Gasteiger partial charge in [0.25, 0.3) is 0 Å². The zero-order valence-corrected chi connectivity index (χ0v) is 9.70. The Morgan fingerprint density at radius 1 is 1.47 bits per heavy atom. The lowest BCUT2D eigenvalue weighted by atomic mass is 10.1. The molecule has 1 aliphatic heterocycles. The van der Waals surface area contributed by atoms with E-state index in [0.29, 0.717) is 12.1 Å². The highest BCUT2D eigenvalue weighted by molar-refractivity contribution is 5.51. The second kappa shape index (κ2) is 4.19. The normalized spacial score (nSPS) is 26.7. The van der Waals surface area contributed by atoms with Crippen LogP contribution < -0.4 is 10.2 Å². The van der Waals surface area contributed by atoms with Gasteiger partial charge in [-0.3, -0.25) is 4.98 Å². The number of nitrogens with zero attached hydrogens (tertiary/aromatic N) is 2. The fourth-order valence-corrected chi connectivity index (χ4v) is 2.14. The molecule has 1 saturated heterocycles. The molecule has 1 fully saturated rings. The van der Waals surface area contributed by atoms with Gasteiger partial charge in [0.15, 0.2) is 0 Å². The van der Waals surface area contributed by atoms with Gasteiger partial charge in [0, 0.05) is 31.4 Å². The highest BCUT2D eigenvalue weighted by Gasteiger charge is 2.23. The quantitative estimate of drug-likeness (QED) is 0.754. The number of piperazine rings is 1. The Labute approximate surface area is 91.5 Å². The summed E-state index contributed by atoms with van der Waals surface area (Å²) in [5.74, 6) is 0. The minimum absolute atomic E-state index is 0.545. The van der Waals surface area contributed by atoms with Gasteiger partial charge in [0.05, 0.1) is 11.4 Å². The number of aromatic nitrogens is 1. The van der Waals surface area contributed by atoms with Crippen LogP contribution in [0.25, 0.3) is 0 Å². The Morgan fingerprint density at radius 3 is 3.00 bits per heavy atom. The first-order chi connectivity index (χ1) is 7.18. The monoisotopic (exact) mass is 205 g/mol. The summed E-state index contributed by atoms with van der Waals surface area (Å²) in [6, 6.07) is 5.28. The predicted octanol–water partition coefficient (Wildman–Crippen LogP) is 1.58. The molecule has 0 amide bonds. The van der Waals surface area contributed by atoms with Crippen LogP contribution in [0.3, 0.4) is 0 Å². The average Bonchev–Trinajstić information content (AvgIpc) is 2.23. The summed E-state index contributed by atoms with van der Waals surface area (Å²) in [6.07, 6.45) is 1.86. The van der Waals surface area contributed by atoms with Crippen molar-refractivity contribution in [1.82, 2.24) is 10.3 Å². The highest BCUT2D eigenvalue weighted by Crippen LogP contribution is 2.21. The minimum atomic E-state index is 0.545. The molecule has 0 aliphatic carbocycles. The van der Waals surface area contributed by atoms with Crippen molar-refractivity contribution in [2.24, 2.45) is 0 Å². The van der Waals surface area contributed by atoms with E-state index in [1.807, 2.05) is 12.3 Å². The van der Waals surface area contributed by atoms with Crippen molar-refractivity contribution in [2.45, 2.75) is 32.9 Å². The van der Waals surface area contributed by atoms with Gasteiger partial charge in [-0.1, -0.05) is 0 Å². The van der Waals surface area contributed by atoms with Crippen LogP contribution in [0.5, 0.6) is 0 Å². The molecular weight excluding hydrogens is 186 g/mol. The van der Waals surface area contributed by atoms with Crippen LogP contribution >= 0.6 is 0 Å². The lowest BCUT2D eigenvalue weighted by Crippen LogP contribution is -2.54. The van der Waals surface area contributed by atoms with Gasteiger partial charge in [0.1, 0.15) is 0 Å². The largest absolute Gasteiger partial charge is 0.365 e. The Morgan fingerprint density at radius 2 is 2.27 bits per heavy atom. The van der Waals surface area contributed by atoms with Crippen LogP contribution in [0.2, 0.25) is 0 Å². The van der Waals surface area contributed by atoms with E-state index in [-0.39, 0.29) is 0 Å². The van der Waals surface area contributed by atoms with E-state index >= 15 is 0 Å². The molecule has 0 radical (unpaired) electrons. The molecule has 2 heterocycles. The molecule has 0 spiro atoms. The maximum atomic E-state index is 4.35. The van der Waals surface area contributed by atoms with Crippen molar-refractivity contribution in [3.8, 4) is 0 Å². The van der Waals surface area contributed by atoms with Crippen molar-refractivity contribution in [3.63, 3.8) is 0 Å². The third kappa shape index (κ3) is 2.12. The maximum absolute atomic E-state index is 4.35. The number of anilines is 1. The van der Waals surface area contributed by atoms with Crippen LogP contribution in [0.1, 0.15) is 19.5 Å². The predicted molar refractivity (Wildman–Crippen MR) is 63.2 cm³/mol. The topological polar surface area (TPSA) is 28.2 Å². The van der Waals surface area contributed by atoms with Crippen molar-refractivity contribution >= 4 is 5.69 Å². The molecule has 1 aromatic heterocycles. The fourth-order valence-electron chi connectivity index (χ4n) is 2.14. The first kappa shape index (κ1) is 10.4. The molecule has 0 saturated carbocycles. The smallest absolute Gasteiger partial charge is 0.0605 e. The SMILES string of the molecule is Cc1ncccc1N1CC(C)NCC1C. The summed E-state index contributed by atoms with van der Waals surface area (Å²) < 4.78 is 0. The van der Waals surface area contributed by atoms with Crippen LogP contribution in [0.4, 0.5) is 5.69 Å². The Balaban J connectivity index is 2.25. The number of nitrogens with one attached hydrogen (secondary N) is 1. The van der Waals surface area contributed by atoms with Crippen LogP contribution in [-0.4, -0.2) is 30.2 Å². The molecule has 0 bridgehead atoms. The summed E-state index contributed by atoms with van der Waals surface area (Å²) in [7, 11) is 0. The number of aryl methyl sites for hydroxylation is 1. The summed E-state index contributed by atoms with van der Waals surface area (Å²) in [6.45, 7) is 8.67. The zero-order valence-electron chi connectivity index (χ0n) is 9.70. The summed E-state index contributed by atoms with van der Waals surface area (Å²) >= 11 is 0. The van der Waals surface area contributed by atoms with Gasteiger partial charge >= 0.3 is 0 Å². The van der Waals surface area contributed by atoms with Gasteiger partial charge in [0.2, 0.25) is 0 Å². The van der Waals surface area contributed by atoms with E-state index in [9.17, 15) is 0 Å². The Kier molecular flexibility index (Phi) is 2.91. The first-order valence-electron chi connectivity index (χ1n) is 5.60. The van der Waals surface area contributed by atoms with Gasteiger partial charge in [-0.2, -0.15) is 0 Å². The van der Waals surface area contributed by atoms with E-state index in [4.69, 9.17) is 0 Å². The number of rotatable bonds is 1. The molecule has 2 unspecified atom stereocenters. The van der Waals surface area contributed by atoms with E-state index in [2.05, 4.69) is 42.0 Å². The Hall–Kier alpha value is -1.09. The summed E-state index contributed by atoms with van der Waals surface area (Å²) in [4.78, 5) is 6.80. The third-order valence-electron chi connectivity index (χ3n) is 3.05. The molecule has 3 nitrogen and oxygen atoms in total. The molecule has 82 valence electrons. The molecule has 3 heteroatoms. The average molecular weight is 205 g/mol. The molecule has 1 N–H and O–H groups in total. The van der Waals surface area contributed by atoms with Gasteiger partial charge in [-0.05, 0) is 32.9 Å². The molecule has 1 aliphatic rings. The highest BCUT2D eigenvalue weighted by atomic mass is 15.2. The minimum Gasteiger partial charge on any atom is -0.365 e. The summed E-state index contributed by atoms with van der Waals surface area (Å²) in [5, 5.41) is 3.49. The van der Waals surface area contributed by atoms with Gasteiger partial charge in [-0.15, -0.1) is 0 Å². The van der Waals surface area contributed by atoms with Gasteiger partial charge in [-0.25, -0.2) is 0 Å². The molecule has 2 rings (SSSR count). The van der Waals surface area contributed by atoms with E-state index in [0.717, 1.165) is 18.8 Å². The van der Waals surface area contributed by atoms with E-state index in [1.54, 1.807) is 0 Å². The molecule has 15 heavy (non-hydrogen) atoms. The number of hydrogen-bond acceptors (Lipinski definition) is 3. The van der Waals surface area contributed by atoms with Crippen molar-refractivity contribution < 1.29 is 0 Å². The molecule has 1 aromatic rings. The van der Waals surface area contributed by atoms with Crippen LogP contribution in [-0.2, 0) is 0 Å². The van der Waals surface area contributed by atoms with Crippen molar-refractivity contribution in [3.05, 3.63) is 24.0 Å². The second-order valence-electron chi connectivity index (χ2n) is 4.42. The fraction of sp³-hybridized carbons (Fsp3) is 0.583. The molecular formula is C12H19N3. The zero-order chi connectivity index (χ0) is 10.8. The summed E-state index contributed by atoms with van der Waals surface area (Å²) in [5.41, 5.74) is 2.40. The van der Waals surface area contributed by atoms with Gasteiger partial charge < -0.3 is 10.2 Å². The third-order valence-corrected chi connectivity index (χ3v) is 3.05. The van der Waals surface area contributed by atoms with Crippen molar-refractivity contribution in [1.29, 1.82) is 0 Å². The van der Waals surface area contributed by atoms with Crippen molar-refractivity contribution in [2.75, 3.05) is 18.0 Å². The number of pyridine rings is 1. The first-order valence-corrected chi connectivity index (χ1v) is 5.60. The van der Waals surface area contributed by atoms with Crippen LogP contribution in [0.15, 0.2) is 18.3 Å². The lowest BCUT2D eigenvalue weighted by molar-refractivity contribution is 0.424.